The Bertz CT molecular complexity index is 599. The highest BCUT2D eigenvalue weighted by molar-refractivity contribution is 5.45. The molecule has 0 bridgehead atoms. The van der Waals surface area contributed by atoms with Crippen LogP contribution in [0.5, 0.6) is 11.5 Å². The fraction of sp³-hybridized carbons (Fsp3) is 0.524. The molecule has 1 aromatic rings. The van der Waals surface area contributed by atoms with Crippen LogP contribution >= 0.6 is 0 Å². The summed E-state index contributed by atoms with van der Waals surface area (Å²) in [7, 11) is 0. The number of benzene rings is 1. The van der Waals surface area contributed by atoms with Crippen LogP contribution in [0.4, 0.5) is 0 Å². The van der Waals surface area contributed by atoms with Gasteiger partial charge in [0.2, 0.25) is 0 Å². The van der Waals surface area contributed by atoms with E-state index in [1.165, 1.54) is 11.1 Å². The molecule has 0 amide bonds. The summed E-state index contributed by atoms with van der Waals surface area (Å²) in [5, 5.41) is 0. The van der Waals surface area contributed by atoms with E-state index in [0.29, 0.717) is 12.5 Å². The van der Waals surface area contributed by atoms with Crippen molar-refractivity contribution in [3.8, 4) is 11.5 Å². The summed E-state index contributed by atoms with van der Waals surface area (Å²) in [6.07, 6.45) is 7.26. The van der Waals surface area contributed by atoms with Gasteiger partial charge in [0.15, 0.2) is 0 Å². The van der Waals surface area contributed by atoms with E-state index in [0.717, 1.165) is 31.1 Å². The lowest BCUT2D eigenvalue weighted by molar-refractivity contribution is -0.00732. The molecule has 1 aliphatic rings. The molecule has 0 saturated heterocycles. The van der Waals surface area contributed by atoms with Crippen molar-refractivity contribution >= 4 is 0 Å². The maximum absolute atomic E-state index is 5.81. The number of hydrogen-bond donors (Lipinski definition) is 0. The van der Waals surface area contributed by atoms with Gasteiger partial charge < -0.3 is 14.2 Å². The maximum Gasteiger partial charge on any atom is 0.126 e. The third-order valence-electron chi connectivity index (χ3n) is 4.19. The van der Waals surface area contributed by atoms with Crippen LogP contribution in [-0.2, 0) is 4.74 Å². The predicted molar refractivity (Wildman–Crippen MR) is 99.1 cm³/mol. The summed E-state index contributed by atoms with van der Waals surface area (Å²) in [5.74, 6) is 2.29. The van der Waals surface area contributed by atoms with Gasteiger partial charge in [-0.2, -0.15) is 0 Å². The zero-order valence-corrected chi connectivity index (χ0v) is 15.6. The minimum atomic E-state index is -0.108. The first-order chi connectivity index (χ1) is 11.4. The predicted octanol–water partition coefficient (Wildman–Crippen LogP) is 5.27. The maximum atomic E-state index is 5.81. The van der Waals surface area contributed by atoms with Crippen molar-refractivity contribution in [1.29, 1.82) is 0 Å². The molecule has 0 fully saturated rings. The van der Waals surface area contributed by atoms with E-state index >= 15 is 0 Å². The van der Waals surface area contributed by atoms with Crippen LogP contribution in [-0.4, -0.2) is 25.4 Å². The van der Waals surface area contributed by atoms with Gasteiger partial charge in [-0.15, -0.1) is 0 Å². The van der Waals surface area contributed by atoms with Gasteiger partial charge in [-0.25, -0.2) is 0 Å². The second-order valence-electron chi connectivity index (χ2n) is 6.97. The molecular formula is C21H30O3. The van der Waals surface area contributed by atoms with Crippen molar-refractivity contribution in [1.82, 2.24) is 0 Å². The fourth-order valence-electron chi connectivity index (χ4n) is 2.76. The SMILES string of the molecule is CCOC(C)(C)C/C=C/C(C)=C/COc1ccc2c(c1)OCC2C. The normalized spacial score (nSPS) is 17.9. The van der Waals surface area contributed by atoms with Crippen molar-refractivity contribution in [2.24, 2.45) is 0 Å². The molecule has 1 heterocycles. The highest BCUT2D eigenvalue weighted by Crippen LogP contribution is 2.36. The van der Waals surface area contributed by atoms with E-state index in [9.17, 15) is 0 Å². The van der Waals surface area contributed by atoms with Crippen LogP contribution in [0.25, 0.3) is 0 Å². The van der Waals surface area contributed by atoms with E-state index in [-0.39, 0.29) is 5.60 Å². The zero-order valence-electron chi connectivity index (χ0n) is 15.6. The molecule has 1 atom stereocenters. The second kappa shape index (κ2) is 8.39. The summed E-state index contributed by atoms with van der Waals surface area (Å²) in [5.41, 5.74) is 2.35. The van der Waals surface area contributed by atoms with Gasteiger partial charge in [0.1, 0.15) is 18.1 Å². The molecule has 0 N–H and O–H groups in total. The molecule has 24 heavy (non-hydrogen) atoms. The van der Waals surface area contributed by atoms with Gasteiger partial charge >= 0.3 is 0 Å². The second-order valence-corrected chi connectivity index (χ2v) is 6.97. The van der Waals surface area contributed by atoms with Crippen molar-refractivity contribution in [3.05, 3.63) is 47.6 Å². The number of ether oxygens (including phenoxy) is 3. The molecule has 2 rings (SSSR count). The van der Waals surface area contributed by atoms with Gasteiger partial charge in [-0.3, -0.25) is 0 Å². The summed E-state index contributed by atoms with van der Waals surface area (Å²) in [6.45, 7) is 12.6. The number of rotatable bonds is 8. The van der Waals surface area contributed by atoms with Crippen LogP contribution in [0.2, 0.25) is 0 Å². The molecule has 0 aromatic heterocycles. The summed E-state index contributed by atoms with van der Waals surface area (Å²) < 4.78 is 17.2. The number of fused-ring (bicyclic) bond motifs is 1. The molecule has 0 aliphatic carbocycles. The zero-order chi connectivity index (χ0) is 17.6. The highest BCUT2D eigenvalue weighted by Gasteiger charge is 2.20. The minimum Gasteiger partial charge on any atom is -0.493 e. The molecular weight excluding hydrogens is 300 g/mol. The smallest absolute Gasteiger partial charge is 0.126 e. The van der Waals surface area contributed by atoms with Crippen LogP contribution in [0.15, 0.2) is 42.0 Å². The Morgan fingerprint density at radius 3 is 2.92 bits per heavy atom. The molecule has 3 nitrogen and oxygen atoms in total. The molecule has 0 spiro atoms. The Morgan fingerprint density at radius 2 is 2.17 bits per heavy atom. The van der Waals surface area contributed by atoms with Crippen molar-refractivity contribution in [2.45, 2.75) is 52.6 Å². The highest BCUT2D eigenvalue weighted by atomic mass is 16.5. The van der Waals surface area contributed by atoms with Crippen LogP contribution in [0.3, 0.4) is 0 Å². The fourth-order valence-corrected chi connectivity index (χ4v) is 2.76. The Balaban J connectivity index is 1.81. The number of hydrogen-bond acceptors (Lipinski definition) is 3. The van der Waals surface area contributed by atoms with Crippen molar-refractivity contribution < 1.29 is 14.2 Å². The van der Waals surface area contributed by atoms with E-state index < -0.39 is 0 Å². The average molecular weight is 330 g/mol. The molecule has 132 valence electrons. The van der Waals surface area contributed by atoms with E-state index in [4.69, 9.17) is 14.2 Å². The molecule has 1 aliphatic heterocycles. The van der Waals surface area contributed by atoms with Gasteiger partial charge in [0.25, 0.3) is 0 Å². The van der Waals surface area contributed by atoms with E-state index in [1.807, 2.05) is 19.1 Å². The van der Waals surface area contributed by atoms with Gasteiger partial charge in [0.05, 0.1) is 12.2 Å². The van der Waals surface area contributed by atoms with Crippen LogP contribution in [0.1, 0.15) is 52.5 Å². The average Bonchev–Trinajstić information content (AvgIpc) is 2.88. The lowest BCUT2D eigenvalue weighted by Gasteiger charge is -2.22. The molecule has 0 saturated carbocycles. The topological polar surface area (TPSA) is 27.7 Å². The lowest BCUT2D eigenvalue weighted by Crippen LogP contribution is -2.23. The molecule has 0 radical (unpaired) electrons. The van der Waals surface area contributed by atoms with Gasteiger partial charge in [0, 0.05) is 24.2 Å². The van der Waals surface area contributed by atoms with Crippen LogP contribution in [0, 0.1) is 0 Å². The third kappa shape index (κ3) is 5.41. The molecule has 3 heteroatoms. The first-order valence-corrected chi connectivity index (χ1v) is 8.78. The Morgan fingerprint density at radius 1 is 1.38 bits per heavy atom. The molecule has 1 unspecified atom stereocenters. The quantitative estimate of drug-likeness (QED) is 0.608. The Labute approximate surface area is 146 Å². The number of allylic oxidation sites excluding steroid dienone is 2. The summed E-state index contributed by atoms with van der Waals surface area (Å²) >= 11 is 0. The van der Waals surface area contributed by atoms with Crippen molar-refractivity contribution in [2.75, 3.05) is 19.8 Å². The lowest BCUT2D eigenvalue weighted by atomic mass is 10.0. The van der Waals surface area contributed by atoms with Gasteiger partial charge in [-0.1, -0.05) is 30.7 Å². The largest absolute Gasteiger partial charge is 0.493 e. The third-order valence-corrected chi connectivity index (χ3v) is 4.19. The minimum absolute atomic E-state index is 0.108. The summed E-state index contributed by atoms with van der Waals surface area (Å²) in [6, 6.07) is 6.12. The monoisotopic (exact) mass is 330 g/mol. The Kier molecular flexibility index (Phi) is 6.50. The van der Waals surface area contributed by atoms with Crippen LogP contribution < -0.4 is 9.47 Å². The first-order valence-electron chi connectivity index (χ1n) is 8.78. The van der Waals surface area contributed by atoms with Gasteiger partial charge in [-0.05, 0) is 46.3 Å². The Hall–Kier alpha value is -1.74. The first kappa shape index (κ1) is 18.6. The summed E-state index contributed by atoms with van der Waals surface area (Å²) in [4.78, 5) is 0. The van der Waals surface area contributed by atoms with Crippen molar-refractivity contribution in [3.63, 3.8) is 0 Å². The van der Waals surface area contributed by atoms with E-state index in [1.54, 1.807) is 0 Å². The van der Waals surface area contributed by atoms with E-state index in [2.05, 4.69) is 52.0 Å². The standard InChI is InChI=1S/C21H30O3/c1-6-24-21(4,5)12-7-8-16(2)11-13-22-18-9-10-19-17(3)15-23-20(19)14-18/h7-11,14,17H,6,12-13,15H2,1-5H3/b8-7+,16-11+. The molecule has 1 aromatic carbocycles.